The monoisotopic (exact) mass is 469 g/mol. The number of para-hydroxylation sites is 1. The lowest BCUT2D eigenvalue weighted by Crippen LogP contribution is -2.26. The van der Waals surface area contributed by atoms with E-state index in [1.54, 1.807) is 0 Å². The summed E-state index contributed by atoms with van der Waals surface area (Å²) in [5.41, 5.74) is -2.07. The number of hydrogen-bond donors (Lipinski definition) is 2. The number of unbranched alkanes of at least 4 members (excludes halogenated alkanes) is 2. The number of nitro groups is 1. The van der Waals surface area contributed by atoms with Gasteiger partial charge >= 0.3 is 6.18 Å². The minimum absolute atomic E-state index is 0.0442. The average molecular weight is 469 g/mol. The van der Waals surface area contributed by atoms with Crippen molar-refractivity contribution in [2.24, 2.45) is 0 Å². The summed E-state index contributed by atoms with van der Waals surface area (Å²) in [7, 11) is 0. The first kappa shape index (κ1) is 25.2. The van der Waals surface area contributed by atoms with E-state index in [4.69, 9.17) is 0 Å². The van der Waals surface area contributed by atoms with Crippen LogP contribution in [0, 0.1) is 10.1 Å². The number of amides is 2. The van der Waals surface area contributed by atoms with E-state index in [0.717, 1.165) is 49.2 Å². The number of anilines is 1. The maximum absolute atomic E-state index is 13.1. The molecular weight excluding hydrogens is 447 g/mol. The fraction of sp³-hybridized carbons (Fsp3) is 0.333. The van der Waals surface area contributed by atoms with Crippen LogP contribution in [0.3, 0.4) is 0 Å². The fourth-order valence-electron chi connectivity index (χ4n) is 2.75. The minimum atomic E-state index is -4.67. The van der Waals surface area contributed by atoms with Gasteiger partial charge in [0.05, 0.1) is 26.8 Å². The Bertz CT molecular complexity index is 983. The summed E-state index contributed by atoms with van der Waals surface area (Å²) in [6, 6.07) is 7.99. The van der Waals surface area contributed by atoms with Crippen LogP contribution in [0.15, 0.2) is 47.4 Å². The van der Waals surface area contributed by atoms with Crippen molar-refractivity contribution >= 4 is 35.0 Å². The molecule has 0 radical (unpaired) electrons. The Labute approximate surface area is 186 Å². The number of rotatable bonds is 10. The van der Waals surface area contributed by atoms with Gasteiger partial charge in [-0.3, -0.25) is 19.7 Å². The van der Waals surface area contributed by atoms with Gasteiger partial charge in [-0.2, -0.15) is 13.2 Å². The Kier molecular flexibility index (Phi) is 9.06. The quantitative estimate of drug-likeness (QED) is 0.214. The first-order valence-corrected chi connectivity index (χ1v) is 10.8. The zero-order valence-electron chi connectivity index (χ0n) is 17.2. The van der Waals surface area contributed by atoms with Gasteiger partial charge in [0.1, 0.15) is 0 Å². The van der Waals surface area contributed by atoms with E-state index < -0.39 is 33.9 Å². The van der Waals surface area contributed by atoms with E-state index in [1.165, 1.54) is 24.3 Å². The fourth-order valence-corrected chi connectivity index (χ4v) is 3.59. The molecule has 172 valence electrons. The molecule has 2 N–H and O–H groups in total. The summed E-state index contributed by atoms with van der Waals surface area (Å²) in [5, 5.41) is 16.3. The van der Waals surface area contributed by atoms with Crippen LogP contribution in [0.1, 0.15) is 42.1 Å². The molecule has 0 atom stereocenters. The molecule has 0 aliphatic heterocycles. The highest BCUT2D eigenvalue weighted by molar-refractivity contribution is 8.00. The number of halogens is 3. The number of benzene rings is 2. The van der Waals surface area contributed by atoms with Gasteiger partial charge in [-0.1, -0.05) is 31.9 Å². The van der Waals surface area contributed by atoms with Gasteiger partial charge in [-0.05, 0) is 30.7 Å². The smallest absolute Gasteiger partial charge is 0.355 e. The molecule has 7 nitrogen and oxygen atoms in total. The Hall–Kier alpha value is -3.08. The molecule has 0 bridgehead atoms. The van der Waals surface area contributed by atoms with Crippen LogP contribution < -0.4 is 10.6 Å². The van der Waals surface area contributed by atoms with Crippen molar-refractivity contribution in [1.82, 2.24) is 5.32 Å². The first-order valence-electron chi connectivity index (χ1n) is 9.79. The van der Waals surface area contributed by atoms with Crippen molar-refractivity contribution in [2.75, 3.05) is 17.6 Å². The molecule has 0 aliphatic carbocycles. The third-order valence-electron chi connectivity index (χ3n) is 4.36. The molecule has 2 amide bonds. The molecule has 0 saturated carbocycles. The van der Waals surface area contributed by atoms with Crippen LogP contribution in [-0.2, 0) is 11.0 Å². The van der Waals surface area contributed by atoms with E-state index >= 15 is 0 Å². The Morgan fingerprint density at radius 2 is 1.84 bits per heavy atom. The van der Waals surface area contributed by atoms with E-state index in [-0.39, 0.29) is 22.1 Å². The van der Waals surface area contributed by atoms with Gasteiger partial charge in [-0.15, -0.1) is 11.8 Å². The molecule has 0 heterocycles. The summed E-state index contributed by atoms with van der Waals surface area (Å²) in [5.74, 6) is -1.24. The Morgan fingerprint density at radius 3 is 2.50 bits per heavy atom. The predicted octanol–water partition coefficient (Wildman–Crippen LogP) is 5.26. The van der Waals surface area contributed by atoms with Crippen LogP contribution in [0.25, 0.3) is 0 Å². The number of nitrogens with zero attached hydrogens (tertiary/aromatic N) is 1. The second-order valence-corrected chi connectivity index (χ2v) is 7.80. The zero-order chi connectivity index (χ0) is 23.7. The number of thioether (sulfide) groups is 1. The molecule has 2 aromatic rings. The van der Waals surface area contributed by atoms with Crippen molar-refractivity contribution in [3.63, 3.8) is 0 Å². The third kappa shape index (κ3) is 7.26. The number of carbonyl (C=O) groups excluding carboxylic acids is 2. The Balaban J connectivity index is 2.12. The second-order valence-electron chi connectivity index (χ2n) is 6.78. The predicted molar refractivity (Wildman–Crippen MR) is 116 cm³/mol. The topological polar surface area (TPSA) is 101 Å². The maximum atomic E-state index is 13.1. The highest BCUT2D eigenvalue weighted by Crippen LogP contribution is 2.35. The standard InChI is InChI=1S/C21H22F3N3O4S/c1-2-3-6-11-25-19(28)13-32-18-10-9-14(12-17(18)27(30)31)20(29)26-16-8-5-4-7-15(16)21(22,23)24/h4-5,7-10,12H,2-3,6,11,13H2,1H3,(H,25,28)(H,26,29). The van der Waals surface area contributed by atoms with Crippen molar-refractivity contribution < 1.29 is 27.7 Å². The first-order chi connectivity index (χ1) is 15.1. The van der Waals surface area contributed by atoms with Crippen LogP contribution in [0.5, 0.6) is 0 Å². The molecule has 0 saturated heterocycles. The van der Waals surface area contributed by atoms with E-state index in [2.05, 4.69) is 10.6 Å². The summed E-state index contributed by atoms with van der Waals surface area (Å²) < 4.78 is 39.3. The summed E-state index contributed by atoms with van der Waals surface area (Å²) in [4.78, 5) is 35.2. The average Bonchev–Trinajstić information content (AvgIpc) is 2.74. The largest absolute Gasteiger partial charge is 0.418 e. The zero-order valence-corrected chi connectivity index (χ0v) is 18.0. The SMILES string of the molecule is CCCCCNC(=O)CSc1ccc(C(=O)Nc2ccccc2C(F)(F)F)cc1[N+](=O)[O-]. The van der Waals surface area contributed by atoms with Crippen molar-refractivity contribution in [2.45, 2.75) is 37.3 Å². The molecule has 0 spiro atoms. The van der Waals surface area contributed by atoms with Crippen LogP contribution in [0.4, 0.5) is 24.5 Å². The summed E-state index contributed by atoms with van der Waals surface area (Å²) in [6.45, 7) is 2.56. The molecule has 11 heteroatoms. The lowest BCUT2D eigenvalue weighted by Gasteiger charge is -2.13. The highest BCUT2D eigenvalue weighted by Gasteiger charge is 2.33. The molecule has 32 heavy (non-hydrogen) atoms. The van der Waals surface area contributed by atoms with Crippen molar-refractivity contribution in [1.29, 1.82) is 0 Å². The van der Waals surface area contributed by atoms with Gasteiger partial charge < -0.3 is 10.6 Å². The van der Waals surface area contributed by atoms with E-state index in [9.17, 15) is 32.9 Å². The lowest BCUT2D eigenvalue weighted by molar-refractivity contribution is -0.387. The van der Waals surface area contributed by atoms with Crippen LogP contribution in [-0.4, -0.2) is 29.0 Å². The van der Waals surface area contributed by atoms with Crippen molar-refractivity contribution in [3.8, 4) is 0 Å². The highest BCUT2D eigenvalue weighted by atomic mass is 32.2. The maximum Gasteiger partial charge on any atom is 0.418 e. The van der Waals surface area contributed by atoms with Gasteiger partial charge in [0.2, 0.25) is 5.91 Å². The Morgan fingerprint density at radius 1 is 1.12 bits per heavy atom. The van der Waals surface area contributed by atoms with Crippen LogP contribution >= 0.6 is 11.8 Å². The summed E-state index contributed by atoms with van der Waals surface area (Å²) >= 11 is 0.943. The van der Waals surface area contributed by atoms with Gasteiger partial charge in [0.25, 0.3) is 11.6 Å². The third-order valence-corrected chi connectivity index (χ3v) is 5.42. The minimum Gasteiger partial charge on any atom is -0.355 e. The molecule has 0 aliphatic rings. The molecule has 0 fully saturated rings. The second kappa shape index (κ2) is 11.5. The van der Waals surface area contributed by atoms with Crippen LogP contribution in [0.2, 0.25) is 0 Å². The number of carbonyl (C=O) groups is 2. The molecule has 0 unspecified atom stereocenters. The van der Waals surface area contributed by atoms with Gasteiger partial charge in [-0.25, -0.2) is 0 Å². The number of alkyl halides is 3. The van der Waals surface area contributed by atoms with E-state index in [0.29, 0.717) is 6.54 Å². The van der Waals surface area contributed by atoms with E-state index in [1.807, 2.05) is 6.92 Å². The van der Waals surface area contributed by atoms with Crippen molar-refractivity contribution in [3.05, 3.63) is 63.7 Å². The molecular formula is C21H22F3N3O4S. The normalized spacial score (nSPS) is 11.1. The number of nitrogens with one attached hydrogen (secondary N) is 2. The summed E-state index contributed by atoms with van der Waals surface area (Å²) in [6.07, 6.45) is -1.84. The molecule has 0 aromatic heterocycles. The lowest BCUT2D eigenvalue weighted by atomic mass is 10.1. The number of nitro benzene ring substituents is 1. The van der Waals surface area contributed by atoms with Gasteiger partial charge in [0, 0.05) is 18.2 Å². The number of hydrogen-bond acceptors (Lipinski definition) is 5. The molecule has 2 aromatic carbocycles. The molecule has 2 rings (SSSR count). The van der Waals surface area contributed by atoms with Gasteiger partial charge in [0.15, 0.2) is 0 Å².